The molecule has 1 heterocycles. The number of amides is 1. The van der Waals surface area contributed by atoms with Crippen LogP contribution < -0.4 is 5.73 Å². The van der Waals surface area contributed by atoms with Gasteiger partial charge in [0, 0.05) is 38.6 Å². The first-order valence-electron chi connectivity index (χ1n) is 9.03. The van der Waals surface area contributed by atoms with Gasteiger partial charge in [0.2, 0.25) is 5.91 Å². The van der Waals surface area contributed by atoms with Gasteiger partial charge in [-0.2, -0.15) is 0 Å². The SMILES string of the molecule is NCCCCCCC(=O)N1CCCN(C2CCCC2)CC1. The smallest absolute Gasteiger partial charge is 0.222 e. The molecule has 4 heteroatoms. The lowest BCUT2D eigenvalue weighted by molar-refractivity contribution is -0.131. The molecule has 0 aromatic heterocycles. The summed E-state index contributed by atoms with van der Waals surface area (Å²) in [6, 6.07) is 0.802. The summed E-state index contributed by atoms with van der Waals surface area (Å²) in [4.78, 5) is 17.0. The van der Waals surface area contributed by atoms with Gasteiger partial charge in [-0.05, 0) is 38.6 Å². The zero-order valence-corrected chi connectivity index (χ0v) is 13.6. The van der Waals surface area contributed by atoms with Crippen LogP contribution in [0.5, 0.6) is 0 Å². The van der Waals surface area contributed by atoms with Gasteiger partial charge in [0.25, 0.3) is 0 Å². The third-order valence-electron chi connectivity index (χ3n) is 5.07. The summed E-state index contributed by atoms with van der Waals surface area (Å²) in [5.74, 6) is 0.371. The Bertz CT molecular complexity index is 302. The average Bonchev–Trinajstić information content (AvgIpc) is 2.91. The first-order valence-corrected chi connectivity index (χ1v) is 9.03. The fraction of sp³-hybridized carbons (Fsp3) is 0.941. The molecule has 1 aliphatic heterocycles. The van der Waals surface area contributed by atoms with Gasteiger partial charge in [-0.3, -0.25) is 9.69 Å². The van der Waals surface area contributed by atoms with Crippen molar-refractivity contribution < 1.29 is 4.79 Å². The van der Waals surface area contributed by atoms with Gasteiger partial charge in [-0.25, -0.2) is 0 Å². The van der Waals surface area contributed by atoms with E-state index in [9.17, 15) is 4.79 Å². The van der Waals surface area contributed by atoms with Crippen molar-refractivity contribution in [3.8, 4) is 0 Å². The second-order valence-corrected chi connectivity index (χ2v) is 6.66. The Labute approximate surface area is 130 Å². The number of carbonyl (C=O) groups is 1. The molecule has 2 aliphatic rings. The Morgan fingerprint density at radius 3 is 2.43 bits per heavy atom. The van der Waals surface area contributed by atoms with Crippen LogP contribution in [0.2, 0.25) is 0 Å². The van der Waals surface area contributed by atoms with Crippen molar-refractivity contribution in [2.45, 2.75) is 70.3 Å². The van der Waals surface area contributed by atoms with Gasteiger partial charge >= 0.3 is 0 Å². The van der Waals surface area contributed by atoms with Crippen molar-refractivity contribution in [1.29, 1.82) is 0 Å². The Morgan fingerprint density at radius 1 is 0.905 bits per heavy atom. The van der Waals surface area contributed by atoms with E-state index in [2.05, 4.69) is 9.80 Å². The monoisotopic (exact) mass is 295 g/mol. The number of hydrogen-bond donors (Lipinski definition) is 1. The third kappa shape index (κ3) is 5.59. The minimum Gasteiger partial charge on any atom is -0.341 e. The maximum Gasteiger partial charge on any atom is 0.222 e. The number of nitrogens with two attached hydrogens (primary N) is 1. The Hall–Kier alpha value is -0.610. The summed E-state index contributed by atoms with van der Waals surface area (Å²) in [7, 11) is 0. The van der Waals surface area contributed by atoms with Crippen LogP contribution in [0.3, 0.4) is 0 Å². The summed E-state index contributed by atoms with van der Waals surface area (Å²) in [6.45, 7) is 4.95. The van der Waals surface area contributed by atoms with E-state index < -0.39 is 0 Å². The fourth-order valence-electron chi connectivity index (χ4n) is 3.75. The quantitative estimate of drug-likeness (QED) is 0.734. The van der Waals surface area contributed by atoms with E-state index in [0.29, 0.717) is 5.91 Å². The van der Waals surface area contributed by atoms with Gasteiger partial charge in [0.05, 0.1) is 0 Å². The molecule has 0 radical (unpaired) electrons. The van der Waals surface area contributed by atoms with E-state index in [4.69, 9.17) is 5.73 Å². The Balaban J connectivity index is 1.65. The van der Waals surface area contributed by atoms with Crippen molar-refractivity contribution >= 4 is 5.91 Å². The van der Waals surface area contributed by atoms with E-state index in [-0.39, 0.29) is 0 Å². The molecule has 2 fully saturated rings. The predicted octanol–water partition coefficient (Wildman–Crippen LogP) is 2.37. The van der Waals surface area contributed by atoms with Crippen molar-refractivity contribution in [1.82, 2.24) is 9.80 Å². The van der Waals surface area contributed by atoms with Crippen LogP contribution in [0.15, 0.2) is 0 Å². The number of nitrogens with zero attached hydrogens (tertiary/aromatic N) is 2. The molecule has 1 saturated heterocycles. The zero-order valence-electron chi connectivity index (χ0n) is 13.6. The highest BCUT2D eigenvalue weighted by atomic mass is 16.2. The minimum absolute atomic E-state index is 0.371. The molecule has 122 valence electrons. The van der Waals surface area contributed by atoms with Gasteiger partial charge in [0.15, 0.2) is 0 Å². The number of unbranched alkanes of at least 4 members (excludes halogenated alkanes) is 3. The van der Waals surface area contributed by atoms with Gasteiger partial charge in [-0.15, -0.1) is 0 Å². The van der Waals surface area contributed by atoms with E-state index >= 15 is 0 Å². The molecule has 0 aromatic rings. The van der Waals surface area contributed by atoms with Crippen molar-refractivity contribution in [3.63, 3.8) is 0 Å². The van der Waals surface area contributed by atoms with Crippen LogP contribution >= 0.6 is 0 Å². The number of hydrogen-bond acceptors (Lipinski definition) is 3. The topological polar surface area (TPSA) is 49.6 Å². The molecule has 21 heavy (non-hydrogen) atoms. The Kier molecular flexibility index (Phi) is 7.51. The summed E-state index contributed by atoms with van der Waals surface area (Å²) >= 11 is 0. The molecule has 4 nitrogen and oxygen atoms in total. The molecule has 0 unspecified atom stereocenters. The van der Waals surface area contributed by atoms with E-state index in [1.807, 2.05) is 0 Å². The fourth-order valence-corrected chi connectivity index (χ4v) is 3.75. The van der Waals surface area contributed by atoms with Gasteiger partial charge in [-0.1, -0.05) is 25.7 Å². The average molecular weight is 295 g/mol. The lowest BCUT2D eigenvalue weighted by atomic mass is 10.1. The summed E-state index contributed by atoms with van der Waals surface area (Å²) in [6.07, 6.45) is 11.8. The second-order valence-electron chi connectivity index (χ2n) is 6.66. The first kappa shape index (κ1) is 16.8. The van der Waals surface area contributed by atoms with Crippen LogP contribution in [-0.2, 0) is 4.79 Å². The molecule has 0 bridgehead atoms. The molecular formula is C17H33N3O. The summed E-state index contributed by atoms with van der Waals surface area (Å²) in [5, 5.41) is 0. The van der Waals surface area contributed by atoms with Gasteiger partial charge in [0.1, 0.15) is 0 Å². The molecule has 1 saturated carbocycles. The molecule has 0 aromatic carbocycles. The van der Waals surface area contributed by atoms with Crippen LogP contribution in [0.1, 0.15) is 64.2 Å². The van der Waals surface area contributed by atoms with Crippen LogP contribution in [-0.4, -0.2) is 54.5 Å². The summed E-state index contributed by atoms with van der Waals surface area (Å²) < 4.78 is 0. The van der Waals surface area contributed by atoms with E-state index in [1.54, 1.807) is 0 Å². The maximum atomic E-state index is 12.3. The van der Waals surface area contributed by atoms with Crippen LogP contribution in [0.4, 0.5) is 0 Å². The molecule has 0 spiro atoms. The number of carbonyl (C=O) groups excluding carboxylic acids is 1. The maximum absolute atomic E-state index is 12.3. The highest BCUT2D eigenvalue weighted by Gasteiger charge is 2.25. The standard InChI is InChI=1S/C17H33N3O/c18-11-6-2-1-3-10-17(21)20-13-7-12-19(14-15-20)16-8-4-5-9-16/h16H,1-15,18H2. The highest BCUT2D eigenvalue weighted by Crippen LogP contribution is 2.24. The third-order valence-corrected chi connectivity index (χ3v) is 5.07. The number of rotatable bonds is 7. The predicted molar refractivity (Wildman–Crippen MR) is 87.2 cm³/mol. The molecule has 0 atom stereocenters. The largest absolute Gasteiger partial charge is 0.341 e. The molecule has 2 N–H and O–H groups in total. The van der Waals surface area contributed by atoms with Crippen molar-refractivity contribution in [2.24, 2.45) is 5.73 Å². The van der Waals surface area contributed by atoms with Gasteiger partial charge < -0.3 is 10.6 Å². The van der Waals surface area contributed by atoms with Crippen LogP contribution in [0, 0.1) is 0 Å². The molecule has 1 amide bonds. The van der Waals surface area contributed by atoms with E-state index in [0.717, 1.165) is 64.3 Å². The van der Waals surface area contributed by atoms with Crippen molar-refractivity contribution in [2.75, 3.05) is 32.7 Å². The van der Waals surface area contributed by atoms with Crippen molar-refractivity contribution in [3.05, 3.63) is 0 Å². The first-order chi connectivity index (χ1) is 10.3. The normalized spacial score (nSPS) is 21.7. The van der Waals surface area contributed by atoms with E-state index in [1.165, 1.54) is 38.6 Å². The molecule has 2 rings (SSSR count). The summed E-state index contributed by atoms with van der Waals surface area (Å²) in [5.41, 5.74) is 5.49. The lowest BCUT2D eigenvalue weighted by Gasteiger charge is -2.27. The molecule has 1 aliphatic carbocycles. The minimum atomic E-state index is 0.371. The lowest BCUT2D eigenvalue weighted by Crippen LogP contribution is -2.38. The Morgan fingerprint density at radius 2 is 1.67 bits per heavy atom. The zero-order chi connectivity index (χ0) is 14.9. The second kappa shape index (κ2) is 9.42. The highest BCUT2D eigenvalue weighted by molar-refractivity contribution is 5.76. The van der Waals surface area contributed by atoms with Crippen LogP contribution in [0.25, 0.3) is 0 Å². The molecular weight excluding hydrogens is 262 g/mol.